The minimum Gasteiger partial charge on any atom is -0.378 e. The first kappa shape index (κ1) is 19.1. The van der Waals surface area contributed by atoms with E-state index in [1.807, 2.05) is 0 Å². The summed E-state index contributed by atoms with van der Waals surface area (Å²) < 4.78 is 8.08. The molecule has 0 aliphatic carbocycles. The molecule has 0 atom stereocenters. The number of rotatable bonds is 6. The van der Waals surface area contributed by atoms with Crippen LogP contribution < -0.4 is 5.32 Å². The second kappa shape index (κ2) is 9.90. The van der Waals surface area contributed by atoms with Crippen molar-refractivity contribution in [3.05, 3.63) is 11.6 Å². The molecular weight excluding hydrogens is 328 g/mol. The molecule has 1 aromatic heterocycles. The second-order valence-electron chi connectivity index (χ2n) is 7.12. The van der Waals surface area contributed by atoms with E-state index in [1.165, 1.54) is 19.3 Å². The van der Waals surface area contributed by atoms with Gasteiger partial charge in [-0.25, -0.2) is 0 Å². The summed E-state index contributed by atoms with van der Waals surface area (Å²) in [6.07, 6.45) is 8.25. The van der Waals surface area contributed by atoms with E-state index in [1.54, 1.807) is 0 Å². The van der Waals surface area contributed by atoms with Gasteiger partial charge in [0.2, 0.25) is 0 Å². The van der Waals surface area contributed by atoms with Crippen LogP contribution in [-0.4, -0.2) is 64.5 Å². The van der Waals surface area contributed by atoms with Crippen LogP contribution in [0.1, 0.15) is 57.6 Å². The Kier molecular flexibility index (Phi) is 7.29. The lowest BCUT2D eigenvalue weighted by Crippen LogP contribution is -2.47. The highest BCUT2D eigenvalue weighted by Crippen LogP contribution is 2.15. The molecule has 0 saturated carbocycles. The molecule has 1 N–H and O–H groups in total. The number of aryl methyl sites for hydroxylation is 1. The summed E-state index contributed by atoms with van der Waals surface area (Å²) in [4.78, 5) is 7.23. The third kappa shape index (κ3) is 4.96. The first-order valence-electron chi connectivity index (χ1n) is 10.4. The summed E-state index contributed by atoms with van der Waals surface area (Å²) in [7, 11) is 0. The zero-order chi connectivity index (χ0) is 18.2. The first-order valence-corrected chi connectivity index (χ1v) is 10.4. The molecule has 0 amide bonds. The highest BCUT2D eigenvalue weighted by atomic mass is 16.5. The zero-order valence-electron chi connectivity index (χ0n) is 16.4. The fraction of sp³-hybridized carbons (Fsp3) is 0.842. The molecule has 7 nitrogen and oxygen atoms in total. The molecule has 3 rings (SSSR count). The number of hydrogen-bond donors (Lipinski definition) is 1. The average Bonchev–Trinajstić information content (AvgIpc) is 2.88. The molecule has 1 saturated heterocycles. The Morgan fingerprint density at radius 3 is 2.77 bits per heavy atom. The van der Waals surface area contributed by atoms with Crippen LogP contribution in [0.3, 0.4) is 0 Å². The number of nitrogens with zero attached hydrogens (tertiary/aromatic N) is 5. The highest BCUT2D eigenvalue weighted by Gasteiger charge is 2.21. The van der Waals surface area contributed by atoms with E-state index < -0.39 is 0 Å². The second-order valence-corrected chi connectivity index (χ2v) is 7.12. The molecule has 0 bridgehead atoms. The third-order valence-corrected chi connectivity index (χ3v) is 5.26. The fourth-order valence-electron chi connectivity index (χ4n) is 3.89. The van der Waals surface area contributed by atoms with Crippen molar-refractivity contribution >= 4 is 5.96 Å². The van der Waals surface area contributed by atoms with Crippen LogP contribution in [0, 0.1) is 0 Å². The summed E-state index contributed by atoms with van der Waals surface area (Å²) in [6.45, 7) is 9.74. The monoisotopic (exact) mass is 362 g/mol. The normalized spacial score (nSPS) is 19.3. The van der Waals surface area contributed by atoms with Crippen LogP contribution in [-0.2, 0) is 24.1 Å². The molecular formula is C19H34N6O. The van der Waals surface area contributed by atoms with Crippen LogP contribution in [0.15, 0.2) is 4.99 Å². The van der Waals surface area contributed by atoms with Gasteiger partial charge in [0.25, 0.3) is 0 Å². The number of guanidine groups is 1. The Morgan fingerprint density at radius 1 is 1.15 bits per heavy atom. The van der Waals surface area contributed by atoms with Gasteiger partial charge in [-0.15, -0.1) is 10.2 Å². The van der Waals surface area contributed by atoms with Crippen molar-refractivity contribution in [2.45, 2.75) is 71.4 Å². The van der Waals surface area contributed by atoms with Crippen molar-refractivity contribution in [3.8, 4) is 0 Å². The lowest BCUT2D eigenvalue weighted by Gasteiger charge is -2.34. The summed E-state index contributed by atoms with van der Waals surface area (Å²) in [5.41, 5.74) is 0. The maximum absolute atomic E-state index is 5.76. The van der Waals surface area contributed by atoms with Crippen molar-refractivity contribution in [2.24, 2.45) is 4.99 Å². The molecule has 1 fully saturated rings. The summed E-state index contributed by atoms with van der Waals surface area (Å²) in [5, 5.41) is 12.3. The molecule has 146 valence electrons. The molecule has 0 aromatic carbocycles. The van der Waals surface area contributed by atoms with Gasteiger partial charge in [-0.3, -0.25) is 4.99 Å². The SMILES string of the molecule is CCNC(=NCCc1nnc2n1CCCCC2)N1CCC(OCC)CC1. The van der Waals surface area contributed by atoms with Gasteiger partial charge in [-0.2, -0.15) is 0 Å². The minimum atomic E-state index is 0.408. The molecule has 2 aliphatic heterocycles. The van der Waals surface area contributed by atoms with E-state index >= 15 is 0 Å². The number of aliphatic imine (C=N–C) groups is 1. The topological polar surface area (TPSA) is 67.6 Å². The summed E-state index contributed by atoms with van der Waals surface area (Å²) in [5.74, 6) is 3.28. The van der Waals surface area contributed by atoms with Gasteiger partial charge < -0.3 is 19.5 Å². The minimum absolute atomic E-state index is 0.408. The number of hydrogen-bond acceptors (Lipinski definition) is 4. The van der Waals surface area contributed by atoms with Crippen molar-refractivity contribution in [1.29, 1.82) is 0 Å². The molecule has 0 radical (unpaired) electrons. The fourth-order valence-corrected chi connectivity index (χ4v) is 3.89. The lowest BCUT2D eigenvalue weighted by atomic mass is 10.1. The molecule has 3 heterocycles. The van der Waals surface area contributed by atoms with E-state index in [0.29, 0.717) is 6.10 Å². The predicted molar refractivity (Wildman–Crippen MR) is 103 cm³/mol. The number of nitrogens with one attached hydrogen (secondary N) is 1. The van der Waals surface area contributed by atoms with E-state index in [0.717, 1.165) is 82.6 Å². The predicted octanol–water partition coefficient (Wildman–Crippen LogP) is 2.01. The Balaban J connectivity index is 1.56. The number of piperidine rings is 1. The maximum atomic E-state index is 5.76. The van der Waals surface area contributed by atoms with Crippen LogP contribution in [0.25, 0.3) is 0 Å². The maximum Gasteiger partial charge on any atom is 0.193 e. The molecule has 2 aliphatic rings. The highest BCUT2D eigenvalue weighted by molar-refractivity contribution is 5.80. The van der Waals surface area contributed by atoms with Crippen LogP contribution in [0.4, 0.5) is 0 Å². The van der Waals surface area contributed by atoms with Crippen molar-refractivity contribution in [2.75, 3.05) is 32.8 Å². The van der Waals surface area contributed by atoms with E-state index in [2.05, 4.69) is 38.8 Å². The van der Waals surface area contributed by atoms with Crippen molar-refractivity contribution in [3.63, 3.8) is 0 Å². The van der Waals surface area contributed by atoms with Crippen molar-refractivity contribution in [1.82, 2.24) is 25.0 Å². The lowest BCUT2D eigenvalue weighted by molar-refractivity contribution is 0.0264. The van der Waals surface area contributed by atoms with E-state index in [-0.39, 0.29) is 0 Å². The van der Waals surface area contributed by atoms with Gasteiger partial charge in [0, 0.05) is 52.2 Å². The molecule has 0 unspecified atom stereocenters. The van der Waals surface area contributed by atoms with Gasteiger partial charge in [-0.1, -0.05) is 6.42 Å². The number of ether oxygens (including phenoxy) is 1. The molecule has 26 heavy (non-hydrogen) atoms. The standard InChI is InChI=1S/C19H34N6O/c1-3-20-19(24-14-10-16(11-15-24)26-4-2)21-12-9-18-23-22-17-8-6-5-7-13-25(17)18/h16H,3-15H2,1-2H3,(H,20,21). The molecule has 0 spiro atoms. The van der Waals surface area contributed by atoms with E-state index in [9.17, 15) is 0 Å². The largest absolute Gasteiger partial charge is 0.378 e. The van der Waals surface area contributed by atoms with Crippen molar-refractivity contribution < 1.29 is 4.74 Å². The Morgan fingerprint density at radius 2 is 2.00 bits per heavy atom. The van der Waals surface area contributed by atoms with Gasteiger partial charge in [0.15, 0.2) is 5.96 Å². The quantitative estimate of drug-likeness (QED) is 0.619. The first-order chi connectivity index (χ1) is 12.8. The summed E-state index contributed by atoms with van der Waals surface area (Å²) in [6, 6.07) is 0. The third-order valence-electron chi connectivity index (χ3n) is 5.26. The van der Waals surface area contributed by atoms with Crippen LogP contribution in [0.5, 0.6) is 0 Å². The smallest absolute Gasteiger partial charge is 0.193 e. The van der Waals surface area contributed by atoms with Gasteiger partial charge in [0.05, 0.1) is 6.10 Å². The number of likely N-dealkylation sites (tertiary alicyclic amines) is 1. The molecule has 1 aromatic rings. The Labute approximate surface area is 157 Å². The van der Waals surface area contributed by atoms with Crippen LogP contribution >= 0.6 is 0 Å². The number of aromatic nitrogens is 3. The van der Waals surface area contributed by atoms with Gasteiger partial charge >= 0.3 is 0 Å². The van der Waals surface area contributed by atoms with E-state index in [4.69, 9.17) is 9.73 Å². The Bertz CT molecular complexity index is 577. The summed E-state index contributed by atoms with van der Waals surface area (Å²) >= 11 is 0. The molecule has 7 heteroatoms. The Hall–Kier alpha value is -1.63. The van der Waals surface area contributed by atoms with Gasteiger partial charge in [0.1, 0.15) is 11.6 Å². The zero-order valence-corrected chi connectivity index (χ0v) is 16.4. The number of fused-ring (bicyclic) bond motifs is 1. The van der Waals surface area contributed by atoms with Gasteiger partial charge in [-0.05, 0) is 39.5 Å². The van der Waals surface area contributed by atoms with Crippen LogP contribution in [0.2, 0.25) is 0 Å². The average molecular weight is 363 g/mol.